The van der Waals surface area contributed by atoms with Crippen LogP contribution in [0.5, 0.6) is 0 Å². The van der Waals surface area contributed by atoms with E-state index in [4.69, 9.17) is 15.6 Å². The largest absolute Gasteiger partial charge is 0.380 e. The summed E-state index contributed by atoms with van der Waals surface area (Å²) in [5, 5.41) is 3.37. The maximum atomic E-state index is 5.58. The summed E-state index contributed by atoms with van der Waals surface area (Å²) >= 11 is 0. The van der Waals surface area contributed by atoms with Crippen LogP contribution in [0.3, 0.4) is 0 Å². The van der Waals surface area contributed by atoms with Gasteiger partial charge in [-0.1, -0.05) is 33.1 Å². The zero-order valence-corrected chi connectivity index (χ0v) is 12.6. The molecule has 0 amide bonds. The number of rotatable bonds is 6. The van der Waals surface area contributed by atoms with Crippen molar-refractivity contribution in [1.82, 2.24) is 10.7 Å². The molecule has 0 aromatic heterocycles. The molecule has 0 aromatic rings. The van der Waals surface area contributed by atoms with Gasteiger partial charge in [-0.3, -0.25) is 5.43 Å². The molecular formula is C14H30N4O. The molecule has 5 heteroatoms. The molecule has 1 unspecified atom stereocenters. The number of aliphatic imine (C=N–C) groups is 1. The zero-order chi connectivity index (χ0) is 14.1. The number of hydrogen-bond donors (Lipinski definition) is 3. The van der Waals surface area contributed by atoms with E-state index in [1.165, 1.54) is 32.1 Å². The summed E-state index contributed by atoms with van der Waals surface area (Å²) in [4.78, 5) is 4.70. The number of nitrogens with zero attached hydrogens (tertiary/aromatic N) is 1. The van der Waals surface area contributed by atoms with Crippen molar-refractivity contribution in [3.05, 3.63) is 0 Å². The Morgan fingerprint density at radius 2 is 2.00 bits per heavy atom. The molecular weight excluding hydrogens is 240 g/mol. The van der Waals surface area contributed by atoms with E-state index in [0.717, 1.165) is 6.61 Å². The van der Waals surface area contributed by atoms with Gasteiger partial charge in [0.1, 0.15) is 0 Å². The molecule has 0 aliphatic heterocycles. The van der Waals surface area contributed by atoms with Gasteiger partial charge in [-0.15, -0.1) is 0 Å². The van der Waals surface area contributed by atoms with E-state index in [0.29, 0.717) is 24.5 Å². The van der Waals surface area contributed by atoms with Crippen LogP contribution in [0.2, 0.25) is 0 Å². The molecule has 4 N–H and O–H groups in total. The third-order valence-electron chi connectivity index (χ3n) is 3.65. The van der Waals surface area contributed by atoms with Crippen molar-refractivity contribution in [2.24, 2.45) is 16.8 Å². The first-order valence-electron chi connectivity index (χ1n) is 7.56. The molecule has 0 bridgehead atoms. The van der Waals surface area contributed by atoms with Crippen molar-refractivity contribution >= 4 is 5.96 Å². The van der Waals surface area contributed by atoms with Gasteiger partial charge >= 0.3 is 0 Å². The minimum atomic E-state index is 0.235. The molecule has 0 heterocycles. The summed E-state index contributed by atoms with van der Waals surface area (Å²) in [5.41, 5.74) is 2.69. The monoisotopic (exact) mass is 270 g/mol. The predicted octanol–water partition coefficient (Wildman–Crippen LogP) is 1.79. The average molecular weight is 270 g/mol. The van der Waals surface area contributed by atoms with Crippen LogP contribution in [0.1, 0.15) is 52.9 Å². The SMILES string of the molecule is CCOCC(NC(=NC1CCCCC1)NN)C(C)C. The van der Waals surface area contributed by atoms with Gasteiger partial charge < -0.3 is 10.1 Å². The van der Waals surface area contributed by atoms with Crippen LogP contribution < -0.4 is 16.6 Å². The maximum Gasteiger partial charge on any atom is 0.206 e. The Hall–Kier alpha value is -0.810. The van der Waals surface area contributed by atoms with Crippen LogP contribution in [0.15, 0.2) is 4.99 Å². The first-order valence-corrected chi connectivity index (χ1v) is 7.56. The highest BCUT2D eigenvalue weighted by molar-refractivity contribution is 5.79. The molecule has 0 spiro atoms. The van der Waals surface area contributed by atoms with Gasteiger partial charge in [-0.2, -0.15) is 0 Å². The smallest absolute Gasteiger partial charge is 0.206 e. The summed E-state index contributed by atoms with van der Waals surface area (Å²) in [6, 6.07) is 0.644. The second kappa shape index (κ2) is 9.15. The minimum Gasteiger partial charge on any atom is -0.380 e. The van der Waals surface area contributed by atoms with Gasteiger partial charge in [0.2, 0.25) is 5.96 Å². The first kappa shape index (κ1) is 16.2. The standard InChI is InChI=1S/C14H30N4O/c1-4-19-10-13(11(2)3)17-14(18-15)16-12-8-6-5-7-9-12/h11-13H,4-10,15H2,1-3H3,(H2,16,17,18). The van der Waals surface area contributed by atoms with Crippen molar-refractivity contribution in [1.29, 1.82) is 0 Å². The third kappa shape index (κ3) is 6.25. The predicted molar refractivity (Wildman–Crippen MR) is 79.9 cm³/mol. The topological polar surface area (TPSA) is 71.7 Å². The van der Waals surface area contributed by atoms with Gasteiger partial charge in [-0.25, -0.2) is 10.8 Å². The molecule has 0 aromatic carbocycles. The van der Waals surface area contributed by atoms with Crippen molar-refractivity contribution in [3.8, 4) is 0 Å². The number of ether oxygens (including phenoxy) is 1. The van der Waals surface area contributed by atoms with Crippen LogP contribution in [0, 0.1) is 5.92 Å². The third-order valence-corrected chi connectivity index (χ3v) is 3.65. The number of hydrazine groups is 1. The summed E-state index contributed by atoms with van der Waals surface area (Å²) < 4.78 is 5.51. The number of nitrogens with one attached hydrogen (secondary N) is 2. The van der Waals surface area contributed by atoms with Gasteiger partial charge in [0.25, 0.3) is 0 Å². The fourth-order valence-electron chi connectivity index (χ4n) is 2.33. The molecule has 19 heavy (non-hydrogen) atoms. The fourth-order valence-corrected chi connectivity index (χ4v) is 2.33. The lowest BCUT2D eigenvalue weighted by atomic mass is 9.96. The van der Waals surface area contributed by atoms with E-state index < -0.39 is 0 Å². The molecule has 112 valence electrons. The fraction of sp³-hybridized carbons (Fsp3) is 0.929. The summed E-state index contributed by atoms with van der Waals surface area (Å²) in [6.07, 6.45) is 6.23. The normalized spacial score (nSPS) is 19.5. The second-order valence-electron chi connectivity index (χ2n) is 5.57. The Bertz CT molecular complexity index is 262. The van der Waals surface area contributed by atoms with Crippen molar-refractivity contribution < 1.29 is 4.74 Å². The van der Waals surface area contributed by atoms with Gasteiger partial charge in [-0.05, 0) is 25.7 Å². The minimum absolute atomic E-state index is 0.235. The Morgan fingerprint density at radius 1 is 1.32 bits per heavy atom. The van der Waals surface area contributed by atoms with Crippen LogP contribution in [0.25, 0.3) is 0 Å². The van der Waals surface area contributed by atoms with E-state index in [1.54, 1.807) is 0 Å². The van der Waals surface area contributed by atoms with Crippen LogP contribution >= 0.6 is 0 Å². The molecule has 5 nitrogen and oxygen atoms in total. The molecule has 1 rings (SSSR count). The van der Waals surface area contributed by atoms with Gasteiger partial charge in [0.05, 0.1) is 18.7 Å². The number of hydrogen-bond acceptors (Lipinski definition) is 3. The highest BCUT2D eigenvalue weighted by Crippen LogP contribution is 2.20. The quantitative estimate of drug-likeness (QED) is 0.298. The van der Waals surface area contributed by atoms with E-state index >= 15 is 0 Å². The van der Waals surface area contributed by atoms with Crippen LogP contribution in [-0.4, -0.2) is 31.3 Å². The Balaban J connectivity index is 2.53. The molecule has 1 aliphatic rings. The highest BCUT2D eigenvalue weighted by Gasteiger charge is 2.17. The molecule has 1 atom stereocenters. The lowest BCUT2D eigenvalue weighted by molar-refractivity contribution is 0.114. The summed E-state index contributed by atoms with van der Waals surface area (Å²) in [7, 11) is 0. The first-order chi connectivity index (χ1) is 9.17. The van der Waals surface area contributed by atoms with Crippen LogP contribution in [0.4, 0.5) is 0 Å². The lowest BCUT2D eigenvalue weighted by Crippen LogP contribution is -2.50. The number of guanidine groups is 1. The van der Waals surface area contributed by atoms with Crippen molar-refractivity contribution in [3.63, 3.8) is 0 Å². The molecule has 0 saturated heterocycles. The zero-order valence-electron chi connectivity index (χ0n) is 12.6. The Morgan fingerprint density at radius 3 is 2.53 bits per heavy atom. The van der Waals surface area contributed by atoms with Gasteiger partial charge in [0, 0.05) is 6.61 Å². The van der Waals surface area contributed by atoms with E-state index in [9.17, 15) is 0 Å². The summed E-state index contributed by atoms with van der Waals surface area (Å²) in [5.74, 6) is 6.75. The highest BCUT2D eigenvalue weighted by atomic mass is 16.5. The van der Waals surface area contributed by atoms with Gasteiger partial charge in [0.15, 0.2) is 0 Å². The van der Waals surface area contributed by atoms with Crippen molar-refractivity contribution in [2.75, 3.05) is 13.2 Å². The molecule has 1 aliphatic carbocycles. The van der Waals surface area contributed by atoms with Crippen LogP contribution in [-0.2, 0) is 4.74 Å². The van der Waals surface area contributed by atoms with E-state index in [1.807, 2.05) is 6.92 Å². The molecule has 0 radical (unpaired) electrons. The van der Waals surface area contributed by atoms with E-state index in [-0.39, 0.29) is 6.04 Å². The second-order valence-corrected chi connectivity index (χ2v) is 5.57. The summed E-state index contributed by atoms with van der Waals surface area (Å²) in [6.45, 7) is 7.77. The average Bonchev–Trinajstić information content (AvgIpc) is 2.42. The molecule has 1 saturated carbocycles. The van der Waals surface area contributed by atoms with Crippen molar-refractivity contribution in [2.45, 2.75) is 65.0 Å². The van der Waals surface area contributed by atoms with E-state index in [2.05, 4.69) is 24.6 Å². The maximum absolute atomic E-state index is 5.58. The molecule has 1 fully saturated rings. The Kier molecular flexibility index (Phi) is 7.82. The number of nitrogens with two attached hydrogens (primary N) is 1. The Labute approximate surface area is 117 Å². The lowest BCUT2D eigenvalue weighted by Gasteiger charge is -2.25.